The number of aromatic nitrogens is 3. The number of nitrogens with one attached hydrogen (secondary N) is 1. The highest BCUT2D eigenvalue weighted by Gasteiger charge is 2.23. The van der Waals surface area contributed by atoms with Crippen molar-refractivity contribution in [1.82, 2.24) is 20.1 Å². The first-order chi connectivity index (χ1) is 13.8. The summed E-state index contributed by atoms with van der Waals surface area (Å²) in [6, 6.07) is 16.9. The van der Waals surface area contributed by atoms with E-state index in [1.54, 1.807) is 11.8 Å². The van der Waals surface area contributed by atoms with Crippen LogP contribution in [0.25, 0.3) is 5.69 Å². The predicted molar refractivity (Wildman–Crippen MR) is 115 cm³/mol. The largest absolute Gasteiger partial charge is 0.310 e. The Balaban J connectivity index is 1.80. The molecular formula is C22H23N5S. The molecule has 142 valence electrons. The van der Waals surface area contributed by atoms with Gasteiger partial charge >= 0.3 is 0 Å². The van der Waals surface area contributed by atoms with Crippen molar-refractivity contribution in [3.8, 4) is 5.69 Å². The lowest BCUT2D eigenvalue weighted by molar-refractivity contribution is 0.653. The highest BCUT2D eigenvalue weighted by molar-refractivity contribution is 7.98. The first-order valence-corrected chi connectivity index (χ1v) is 10.6. The molecule has 0 atom stereocenters. The van der Waals surface area contributed by atoms with Gasteiger partial charge in [-0.05, 0) is 37.4 Å². The molecule has 0 bridgehead atoms. The van der Waals surface area contributed by atoms with Gasteiger partial charge in [0.25, 0.3) is 0 Å². The zero-order valence-corrected chi connectivity index (χ0v) is 16.7. The number of hydrogen-bond donors (Lipinski definition) is 1. The summed E-state index contributed by atoms with van der Waals surface area (Å²) in [5.74, 6) is 1.77. The third kappa shape index (κ3) is 3.66. The summed E-state index contributed by atoms with van der Waals surface area (Å²) in [5.41, 5.74) is 4.32. The molecule has 1 aliphatic heterocycles. The fraction of sp³-hybridized carbons (Fsp3) is 0.227. The van der Waals surface area contributed by atoms with Crippen LogP contribution in [-0.2, 0) is 13.1 Å². The van der Waals surface area contributed by atoms with Crippen molar-refractivity contribution in [2.24, 2.45) is 4.99 Å². The van der Waals surface area contributed by atoms with Crippen molar-refractivity contribution in [2.45, 2.75) is 24.4 Å². The van der Waals surface area contributed by atoms with Gasteiger partial charge in [0.15, 0.2) is 11.6 Å². The SMILES string of the molecule is C=CCCNCc1nnc2n1-c1ccc(SC)cc1C(c1ccccc1)=NC2. The number of rotatable bonds is 7. The van der Waals surface area contributed by atoms with Gasteiger partial charge in [-0.15, -0.1) is 28.5 Å². The number of hydrogen-bond acceptors (Lipinski definition) is 5. The topological polar surface area (TPSA) is 55.1 Å². The second-order valence-electron chi connectivity index (χ2n) is 6.54. The fourth-order valence-corrected chi connectivity index (χ4v) is 3.80. The molecule has 6 heteroatoms. The number of nitrogens with zero attached hydrogens (tertiary/aromatic N) is 4. The molecule has 1 N–H and O–H groups in total. The molecule has 0 fully saturated rings. The Bertz CT molecular complexity index is 1010. The third-order valence-electron chi connectivity index (χ3n) is 4.73. The van der Waals surface area contributed by atoms with Gasteiger partial charge in [-0.3, -0.25) is 9.56 Å². The van der Waals surface area contributed by atoms with Crippen LogP contribution in [0.2, 0.25) is 0 Å². The maximum absolute atomic E-state index is 4.92. The van der Waals surface area contributed by atoms with Gasteiger partial charge in [-0.1, -0.05) is 36.4 Å². The minimum atomic E-state index is 0.507. The Hall–Kier alpha value is -2.70. The molecule has 2 heterocycles. The summed E-state index contributed by atoms with van der Waals surface area (Å²) in [6.07, 6.45) is 4.93. The van der Waals surface area contributed by atoms with Crippen LogP contribution in [0.4, 0.5) is 0 Å². The molecule has 0 amide bonds. The molecule has 4 rings (SSSR count). The Morgan fingerprint density at radius 3 is 2.82 bits per heavy atom. The molecule has 0 saturated heterocycles. The van der Waals surface area contributed by atoms with Crippen LogP contribution in [0.3, 0.4) is 0 Å². The minimum Gasteiger partial charge on any atom is -0.310 e. The standard InChI is InChI=1S/C22H23N5S/c1-3-4-12-23-14-20-25-26-21-15-24-22(16-8-6-5-7-9-16)18-13-17(28-2)10-11-19(18)27(20)21/h3,5-11,13,23H,1,4,12,14-15H2,2H3. The van der Waals surface area contributed by atoms with Gasteiger partial charge in [0.1, 0.15) is 6.54 Å². The number of thioether (sulfide) groups is 1. The summed E-state index contributed by atoms with van der Waals surface area (Å²) < 4.78 is 2.15. The second kappa shape index (κ2) is 8.54. The van der Waals surface area contributed by atoms with Crippen molar-refractivity contribution in [3.05, 3.63) is 84.0 Å². The maximum atomic E-state index is 4.92. The van der Waals surface area contributed by atoms with Gasteiger partial charge in [-0.2, -0.15) is 0 Å². The minimum absolute atomic E-state index is 0.507. The van der Waals surface area contributed by atoms with E-state index in [0.29, 0.717) is 13.1 Å². The van der Waals surface area contributed by atoms with Crippen molar-refractivity contribution in [2.75, 3.05) is 12.8 Å². The van der Waals surface area contributed by atoms with Crippen LogP contribution in [-0.4, -0.2) is 33.3 Å². The molecule has 28 heavy (non-hydrogen) atoms. The van der Waals surface area contributed by atoms with Crippen LogP contribution >= 0.6 is 11.8 Å². The quantitative estimate of drug-likeness (QED) is 0.377. The second-order valence-corrected chi connectivity index (χ2v) is 7.42. The van der Waals surface area contributed by atoms with E-state index in [1.807, 2.05) is 12.1 Å². The van der Waals surface area contributed by atoms with Crippen molar-refractivity contribution in [3.63, 3.8) is 0 Å². The molecule has 2 aromatic carbocycles. The predicted octanol–water partition coefficient (Wildman–Crippen LogP) is 4.01. The normalized spacial score (nSPS) is 12.7. The summed E-state index contributed by atoms with van der Waals surface area (Å²) in [6.45, 7) is 5.81. The van der Waals surface area contributed by atoms with Gasteiger partial charge in [0.05, 0.1) is 17.9 Å². The summed E-state index contributed by atoms with van der Waals surface area (Å²) >= 11 is 1.74. The van der Waals surface area contributed by atoms with Crippen LogP contribution in [0.5, 0.6) is 0 Å². The maximum Gasteiger partial charge on any atom is 0.159 e. The molecule has 0 radical (unpaired) electrons. The van der Waals surface area contributed by atoms with E-state index >= 15 is 0 Å². The third-order valence-corrected chi connectivity index (χ3v) is 5.46. The van der Waals surface area contributed by atoms with E-state index in [1.165, 1.54) is 4.90 Å². The van der Waals surface area contributed by atoms with E-state index in [4.69, 9.17) is 4.99 Å². The Morgan fingerprint density at radius 2 is 2.04 bits per heavy atom. The highest BCUT2D eigenvalue weighted by atomic mass is 32.2. The van der Waals surface area contributed by atoms with Gasteiger partial charge < -0.3 is 5.32 Å². The molecule has 0 unspecified atom stereocenters. The average Bonchev–Trinajstić information content (AvgIpc) is 3.07. The summed E-state index contributed by atoms with van der Waals surface area (Å²) in [7, 11) is 0. The van der Waals surface area contributed by atoms with E-state index in [2.05, 4.69) is 75.4 Å². The smallest absolute Gasteiger partial charge is 0.159 e. The fourth-order valence-electron chi connectivity index (χ4n) is 3.36. The van der Waals surface area contributed by atoms with Crippen LogP contribution < -0.4 is 5.32 Å². The van der Waals surface area contributed by atoms with Crippen LogP contribution in [0, 0.1) is 0 Å². The average molecular weight is 390 g/mol. The lowest BCUT2D eigenvalue weighted by Crippen LogP contribution is -2.18. The first kappa shape index (κ1) is 18.7. The Kier molecular flexibility index (Phi) is 5.69. The lowest BCUT2D eigenvalue weighted by atomic mass is 10.0. The molecule has 1 aliphatic rings. The van der Waals surface area contributed by atoms with Crippen LogP contribution in [0.1, 0.15) is 29.2 Å². The van der Waals surface area contributed by atoms with Crippen molar-refractivity contribution >= 4 is 17.5 Å². The molecular weight excluding hydrogens is 366 g/mol. The number of benzene rings is 2. The van der Waals surface area contributed by atoms with E-state index in [0.717, 1.165) is 47.1 Å². The zero-order chi connectivity index (χ0) is 19.3. The number of fused-ring (bicyclic) bond motifs is 3. The molecule has 0 aliphatic carbocycles. The van der Waals surface area contributed by atoms with E-state index in [9.17, 15) is 0 Å². The van der Waals surface area contributed by atoms with Crippen LogP contribution in [0.15, 0.2) is 71.1 Å². The Labute approximate surface area is 169 Å². The van der Waals surface area contributed by atoms with Crippen molar-refractivity contribution < 1.29 is 0 Å². The monoisotopic (exact) mass is 389 g/mol. The van der Waals surface area contributed by atoms with Gasteiger partial charge in [0.2, 0.25) is 0 Å². The zero-order valence-electron chi connectivity index (χ0n) is 15.9. The number of aliphatic imine (C=N–C) groups is 1. The van der Waals surface area contributed by atoms with Gasteiger partial charge in [-0.25, -0.2) is 0 Å². The molecule has 1 aromatic heterocycles. The Morgan fingerprint density at radius 1 is 1.18 bits per heavy atom. The molecule has 3 aromatic rings. The van der Waals surface area contributed by atoms with E-state index < -0.39 is 0 Å². The van der Waals surface area contributed by atoms with Crippen molar-refractivity contribution in [1.29, 1.82) is 0 Å². The first-order valence-electron chi connectivity index (χ1n) is 9.35. The molecule has 5 nitrogen and oxygen atoms in total. The van der Waals surface area contributed by atoms with Gasteiger partial charge in [0, 0.05) is 16.0 Å². The van der Waals surface area contributed by atoms with E-state index in [-0.39, 0.29) is 0 Å². The molecule has 0 saturated carbocycles. The highest BCUT2D eigenvalue weighted by Crippen LogP contribution is 2.29. The molecule has 0 spiro atoms. The summed E-state index contributed by atoms with van der Waals surface area (Å²) in [5, 5.41) is 12.3. The lowest BCUT2D eigenvalue weighted by Gasteiger charge is -2.15. The summed E-state index contributed by atoms with van der Waals surface area (Å²) in [4.78, 5) is 6.14.